The average Bonchev–Trinajstić information content (AvgIpc) is 3.09. The first-order valence-corrected chi connectivity index (χ1v) is 9.10. The number of amides is 1. The van der Waals surface area contributed by atoms with E-state index in [4.69, 9.17) is 5.73 Å². The van der Waals surface area contributed by atoms with Crippen molar-refractivity contribution in [1.29, 1.82) is 0 Å². The van der Waals surface area contributed by atoms with E-state index in [1.807, 2.05) is 55.5 Å². The van der Waals surface area contributed by atoms with Gasteiger partial charge in [0, 0.05) is 17.1 Å². The molecule has 0 radical (unpaired) electrons. The summed E-state index contributed by atoms with van der Waals surface area (Å²) in [5.41, 5.74) is 11.6. The molecule has 2 aromatic carbocycles. The van der Waals surface area contributed by atoms with Crippen molar-refractivity contribution >= 4 is 22.5 Å². The SMILES string of the molecule is Cc1n[nH]c2ccc(-c3cncc(NC(=O)[C@@H](N)Cc4ccccc4)c3)cc12. The summed E-state index contributed by atoms with van der Waals surface area (Å²) in [5, 5.41) is 11.2. The number of hydrogen-bond donors (Lipinski definition) is 3. The van der Waals surface area contributed by atoms with Gasteiger partial charge in [-0.05, 0) is 42.7 Å². The highest BCUT2D eigenvalue weighted by molar-refractivity contribution is 5.95. The Balaban J connectivity index is 1.51. The Morgan fingerprint density at radius 3 is 2.75 bits per heavy atom. The number of carbonyl (C=O) groups excluding carboxylic acids is 1. The molecule has 0 aliphatic rings. The van der Waals surface area contributed by atoms with Crippen molar-refractivity contribution in [3.8, 4) is 11.1 Å². The molecule has 0 saturated heterocycles. The standard InChI is InChI=1S/C22H21N5O/c1-14-19-11-16(7-8-21(19)27-26-14)17-10-18(13-24-12-17)25-22(28)20(23)9-15-5-3-2-4-6-15/h2-8,10-13,20H,9,23H2,1H3,(H,25,28)(H,26,27)/t20-/m0/s1. The molecule has 0 aliphatic heterocycles. The number of rotatable bonds is 5. The van der Waals surface area contributed by atoms with E-state index < -0.39 is 6.04 Å². The number of aromatic nitrogens is 3. The third-order valence-corrected chi connectivity index (χ3v) is 4.73. The number of aryl methyl sites for hydroxylation is 1. The minimum Gasteiger partial charge on any atom is -0.323 e. The molecule has 6 nitrogen and oxygen atoms in total. The number of carbonyl (C=O) groups is 1. The molecule has 4 N–H and O–H groups in total. The van der Waals surface area contributed by atoms with Crippen LogP contribution in [-0.2, 0) is 11.2 Å². The van der Waals surface area contributed by atoms with Gasteiger partial charge < -0.3 is 11.1 Å². The highest BCUT2D eigenvalue weighted by atomic mass is 16.2. The fourth-order valence-corrected chi connectivity index (χ4v) is 3.19. The van der Waals surface area contributed by atoms with Crippen LogP contribution in [0.3, 0.4) is 0 Å². The van der Waals surface area contributed by atoms with Gasteiger partial charge in [0.05, 0.1) is 29.1 Å². The average molecular weight is 371 g/mol. The van der Waals surface area contributed by atoms with Crippen molar-refractivity contribution in [2.24, 2.45) is 5.73 Å². The molecule has 2 heterocycles. The van der Waals surface area contributed by atoms with E-state index in [-0.39, 0.29) is 5.91 Å². The van der Waals surface area contributed by atoms with Crippen molar-refractivity contribution in [2.45, 2.75) is 19.4 Å². The highest BCUT2D eigenvalue weighted by Crippen LogP contribution is 2.26. The van der Waals surface area contributed by atoms with Gasteiger partial charge in [-0.1, -0.05) is 36.4 Å². The lowest BCUT2D eigenvalue weighted by Gasteiger charge is -2.13. The predicted molar refractivity (Wildman–Crippen MR) is 111 cm³/mol. The maximum Gasteiger partial charge on any atom is 0.241 e. The summed E-state index contributed by atoms with van der Waals surface area (Å²) >= 11 is 0. The second kappa shape index (κ2) is 7.62. The lowest BCUT2D eigenvalue weighted by atomic mass is 10.0. The van der Waals surface area contributed by atoms with Gasteiger partial charge in [0.2, 0.25) is 5.91 Å². The van der Waals surface area contributed by atoms with Crippen LogP contribution in [0.1, 0.15) is 11.3 Å². The first-order chi connectivity index (χ1) is 13.6. The Kier molecular flexibility index (Phi) is 4.87. The number of pyridine rings is 1. The first kappa shape index (κ1) is 17.9. The van der Waals surface area contributed by atoms with E-state index in [1.54, 1.807) is 12.4 Å². The van der Waals surface area contributed by atoms with Gasteiger partial charge in [0.15, 0.2) is 0 Å². The topological polar surface area (TPSA) is 96.7 Å². The number of H-pyrrole nitrogens is 1. The fourth-order valence-electron chi connectivity index (χ4n) is 3.19. The normalized spacial score (nSPS) is 12.1. The van der Waals surface area contributed by atoms with E-state index in [9.17, 15) is 4.79 Å². The molecule has 0 bridgehead atoms. The van der Waals surface area contributed by atoms with Gasteiger partial charge in [0.1, 0.15) is 0 Å². The molecule has 0 spiro atoms. The van der Waals surface area contributed by atoms with Crippen molar-refractivity contribution in [3.05, 3.63) is 78.2 Å². The summed E-state index contributed by atoms with van der Waals surface area (Å²) in [4.78, 5) is 16.7. The molecular formula is C22H21N5O. The van der Waals surface area contributed by atoms with Gasteiger partial charge in [-0.3, -0.25) is 14.9 Å². The van der Waals surface area contributed by atoms with Crippen molar-refractivity contribution < 1.29 is 4.79 Å². The number of aromatic amines is 1. The van der Waals surface area contributed by atoms with Gasteiger partial charge in [0.25, 0.3) is 0 Å². The fraction of sp³-hybridized carbons (Fsp3) is 0.136. The van der Waals surface area contributed by atoms with E-state index in [0.717, 1.165) is 33.3 Å². The van der Waals surface area contributed by atoms with Crippen LogP contribution in [0.4, 0.5) is 5.69 Å². The summed E-state index contributed by atoms with van der Waals surface area (Å²) in [5.74, 6) is -0.232. The predicted octanol–water partition coefficient (Wildman–Crippen LogP) is 3.44. The smallest absolute Gasteiger partial charge is 0.241 e. The zero-order valence-electron chi connectivity index (χ0n) is 15.5. The van der Waals surface area contributed by atoms with Crippen LogP contribution in [0.15, 0.2) is 67.0 Å². The Hall–Kier alpha value is -3.51. The summed E-state index contributed by atoms with van der Waals surface area (Å²) in [6.07, 6.45) is 3.88. The maximum absolute atomic E-state index is 12.5. The molecule has 28 heavy (non-hydrogen) atoms. The van der Waals surface area contributed by atoms with Gasteiger partial charge in [-0.2, -0.15) is 5.10 Å². The van der Waals surface area contributed by atoms with Crippen LogP contribution < -0.4 is 11.1 Å². The van der Waals surface area contributed by atoms with Crippen molar-refractivity contribution in [3.63, 3.8) is 0 Å². The maximum atomic E-state index is 12.5. The summed E-state index contributed by atoms with van der Waals surface area (Å²) in [6, 6.07) is 17.1. The third-order valence-electron chi connectivity index (χ3n) is 4.73. The zero-order valence-corrected chi connectivity index (χ0v) is 15.5. The Bertz CT molecular complexity index is 1120. The number of hydrogen-bond acceptors (Lipinski definition) is 4. The molecule has 0 aliphatic carbocycles. The summed E-state index contributed by atoms with van der Waals surface area (Å²) < 4.78 is 0. The summed E-state index contributed by atoms with van der Waals surface area (Å²) in [6.45, 7) is 1.96. The van der Waals surface area contributed by atoms with E-state index >= 15 is 0 Å². The van der Waals surface area contributed by atoms with Crippen molar-refractivity contribution in [1.82, 2.24) is 15.2 Å². The van der Waals surface area contributed by atoms with Crippen LogP contribution in [0.2, 0.25) is 0 Å². The van der Waals surface area contributed by atoms with Crippen LogP contribution in [-0.4, -0.2) is 27.1 Å². The van der Waals surface area contributed by atoms with E-state index in [0.29, 0.717) is 12.1 Å². The minimum atomic E-state index is -0.629. The highest BCUT2D eigenvalue weighted by Gasteiger charge is 2.15. The molecule has 0 unspecified atom stereocenters. The molecule has 0 fully saturated rings. The van der Waals surface area contributed by atoms with Crippen LogP contribution in [0.25, 0.3) is 22.0 Å². The molecule has 1 amide bonds. The molecule has 2 aromatic heterocycles. The van der Waals surface area contributed by atoms with Crippen molar-refractivity contribution in [2.75, 3.05) is 5.32 Å². The number of benzene rings is 2. The Morgan fingerprint density at radius 1 is 1.11 bits per heavy atom. The Labute approximate surface area is 162 Å². The number of nitrogens with two attached hydrogens (primary N) is 1. The second-order valence-corrected chi connectivity index (χ2v) is 6.82. The first-order valence-electron chi connectivity index (χ1n) is 9.10. The Morgan fingerprint density at radius 2 is 1.93 bits per heavy atom. The number of fused-ring (bicyclic) bond motifs is 1. The lowest BCUT2D eigenvalue weighted by Crippen LogP contribution is -2.37. The number of nitrogens with one attached hydrogen (secondary N) is 2. The quantitative estimate of drug-likeness (QED) is 0.501. The molecule has 4 aromatic rings. The molecule has 1 atom stereocenters. The molecule has 4 rings (SSSR count). The van der Waals surface area contributed by atoms with Gasteiger partial charge in [-0.25, -0.2) is 0 Å². The van der Waals surface area contributed by atoms with Crippen LogP contribution in [0.5, 0.6) is 0 Å². The molecule has 0 saturated carbocycles. The lowest BCUT2D eigenvalue weighted by molar-refractivity contribution is -0.117. The van der Waals surface area contributed by atoms with Crippen LogP contribution in [0, 0.1) is 6.92 Å². The van der Waals surface area contributed by atoms with E-state index in [1.165, 1.54) is 0 Å². The molecule has 6 heteroatoms. The number of anilines is 1. The third kappa shape index (κ3) is 3.77. The zero-order chi connectivity index (χ0) is 19.5. The van der Waals surface area contributed by atoms with E-state index in [2.05, 4.69) is 26.6 Å². The molecular weight excluding hydrogens is 350 g/mol. The molecule has 140 valence electrons. The van der Waals surface area contributed by atoms with Crippen LogP contribution >= 0.6 is 0 Å². The largest absolute Gasteiger partial charge is 0.323 e. The monoisotopic (exact) mass is 371 g/mol. The summed E-state index contributed by atoms with van der Waals surface area (Å²) in [7, 11) is 0. The van der Waals surface area contributed by atoms with Gasteiger partial charge >= 0.3 is 0 Å². The number of nitrogens with zero attached hydrogens (tertiary/aromatic N) is 2. The van der Waals surface area contributed by atoms with Gasteiger partial charge in [-0.15, -0.1) is 0 Å². The second-order valence-electron chi connectivity index (χ2n) is 6.82. The minimum absolute atomic E-state index is 0.232.